The van der Waals surface area contributed by atoms with Crippen LogP contribution in [-0.4, -0.2) is 37.2 Å². The molecule has 18 heavy (non-hydrogen) atoms. The molecule has 2 unspecified atom stereocenters. The molecule has 1 aliphatic rings. The number of rotatable bonds is 3. The average molecular weight is 334 g/mol. The summed E-state index contributed by atoms with van der Waals surface area (Å²) in [5.41, 5.74) is 6.99. The first-order valence-corrected chi connectivity index (χ1v) is 7.35. The molecule has 0 aromatic heterocycles. The van der Waals surface area contributed by atoms with Crippen LogP contribution in [0.1, 0.15) is 18.5 Å². The Labute approximate surface area is 121 Å². The van der Waals surface area contributed by atoms with E-state index in [2.05, 4.69) is 33.8 Å². The highest BCUT2D eigenvalue weighted by Gasteiger charge is 2.31. The first-order valence-electron chi connectivity index (χ1n) is 6.18. The molecule has 1 aromatic carbocycles. The number of benzene rings is 1. The van der Waals surface area contributed by atoms with Gasteiger partial charge in [-0.15, -0.1) is 0 Å². The molecule has 2 rings (SSSR count). The third kappa shape index (κ3) is 2.89. The van der Waals surface area contributed by atoms with E-state index in [1.807, 2.05) is 12.1 Å². The molecule has 2 N–H and O–H groups in total. The largest absolute Gasteiger partial charge is 0.374 e. The van der Waals surface area contributed by atoms with Crippen molar-refractivity contribution in [2.75, 3.05) is 26.2 Å². The maximum atomic E-state index is 6.18. The maximum Gasteiger partial charge on any atom is 0.0894 e. The predicted molar refractivity (Wildman–Crippen MR) is 77.9 cm³/mol. The zero-order valence-corrected chi connectivity index (χ0v) is 12.7. The number of morpholine rings is 1. The van der Waals surface area contributed by atoms with Crippen molar-refractivity contribution in [1.29, 1.82) is 0 Å². The van der Waals surface area contributed by atoms with E-state index in [1.54, 1.807) is 0 Å². The molecule has 0 amide bonds. The second-order valence-electron chi connectivity index (χ2n) is 4.39. The Morgan fingerprint density at radius 1 is 1.56 bits per heavy atom. The first kappa shape index (κ1) is 14.3. The van der Waals surface area contributed by atoms with Gasteiger partial charge < -0.3 is 10.5 Å². The number of ether oxygens (including phenoxy) is 1. The minimum atomic E-state index is 0.0379. The van der Waals surface area contributed by atoms with E-state index in [1.165, 1.54) is 5.56 Å². The standard InChI is InChI=1S/C13H18BrClN2O/c1-2-17-5-6-18-12(8-16)13(17)9-3-4-10(14)11(15)7-9/h3-4,7,12-13H,2,5-6,8,16H2,1H3. The fourth-order valence-corrected chi connectivity index (χ4v) is 2.90. The lowest BCUT2D eigenvalue weighted by Gasteiger charge is -2.40. The molecule has 1 aromatic rings. The van der Waals surface area contributed by atoms with Crippen molar-refractivity contribution in [1.82, 2.24) is 4.90 Å². The van der Waals surface area contributed by atoms with Crippen molar-refractivity contribution in [2.24, 2.45) is 5.73 Å². The van der Waals surface area contributed by atoms with Gasteiger partial charge in [0, 0.05) is 17.6 Å². The van der Waals surface area contributed by atoms with Gasteiger partial charge in [-0.3, -0.25) is 4.90 Å². The Bertz CT molecular complexity index is 404. The highest BCUT2D eigenvalue weighted by Crippen LogP contribution is 2.32. The molecule has 5 heteroatoms. The molecule has 1 heterocycles. The van der Waals surface area contributed by atoms with E-state index in [4.69, 9.17) is 22.1 Å². The summed E-state index contributed by atoms with van der Waals surface area (Å²) in [5.74, 6) is 0. The third-order valence-electron chi connectivity index (χ3n) is 3.38. The molecule has 1 saturated heterocycles. The normalized spacial score (nSPS) is 25.3. The molecule has 0 aliphatic carbocycles. The van der Waals surface area contributed by atoms with Crippen molar-refractivity contribution in [3.8, 4) is 0 Å². The number of likely N-dealkylation sites (N-methyl/N-ethyl adjacent to an activating group) is 1. The molecule has 0 saturated carbocycles. The van der Waals surface area contributed by atoms with Crippen LogP contribution >= 0.6 is 27.5 Å². The second-order valence-corrected chi connectivity index (χ2v) is 5.65. The quantitative estimate of drug-likeness (QED) is 0.924. The SMILES string of the molecule is CCN1CCOC(CN)C1c1ccc(Br)c(Cl)c1. The van der Waals surface area contributed by atoms with Crippen LogP contribution in [0.5, 0.6) is 0 Å². The van der Waals surface area contributed by atoms with Crippen LogP contribution in [0.25, 0.3) is 0 Å². The van der Waals surface area contributed by atoms with E-state index in [9.17, 15) is 0 Å². The molecular weight excluding hydrogens is 316 g/mol. The fraction of sp³-hybridized carbons (Fsp3) is 0.538. The lowest BCUT2D eigenvalue weighted by atomic mass is 9.98. The van der Waals surface area contributed by atoms with E-state index < -0.39 is 0 Å². The summed E-state index contributed by atoms with van der Waals surface area (Å²) in [5, 5.41) is 0.727. The summed E-state index contributed by atoms with van der Waals surface area (Å²) in [6, 6.07) is 6.25. The summed E-state index contributed by atoms with van der Waals surface area (Å²) in [6.45, 7) is 5.35. The molecule has 0 spiro atoms. The van der Waals surface area contributed by atoms with Gasteiger partial charge in [-0.05, 0) is 40.2 Å². The zero-order valence-electron chi connectivity index (χ0n) is 10.4. The summed E-state index contributed by atoms with van der Waals surface area (Å²) in [4.78, 5) is 2.39. The molecule has 100 valence electrons. The number of hydrogen-bond acceptors (Lipinski definition) is 3. The van der Waals surface area contributed by atoms with Crippen LogP contribution < -0.4 is 5.73 Å². The van der Waals surface area contributed by atoms with Crippen molar-refractivity contribution >= 4 is 27.5 Å². The molecule has 0 radical (unpaired) electrons. The Hall–Kier alpha value is -0.130. The number of nitrogens with zero attached hydrogens (tertiary/aromatic N) is 1. The third-order valence-corrected chi connectivity index (χ3v) is 4.61. The second kappa shape index (κ2) is 6.35. The molecule has 0 bridgehead atoms. The predicted octanol–water partition coefficient (Wildman–Crippen LogP) is 2.82. The van der Waals surface area contributed by atoms with Crippen LogP contribution in [0, 0.1) is 0 Å². The van der Waals surface area contributed by atoms with Gasteiger partial charge in [0.2, 0.25) is 0 Å². The Kier molecular flexibility index (Phi) is 5.04. The van der Waals surface area contributed by atoms with Crippen LogP contribution in [-0.2, 0) is 4.74 Å². The van der Waals surface area contributed by atoms with Gasteiger partial charge in [-0.25, -0.2) is 0 Å². The minimum Gasteiger partial charge on any atom is -0.374 e. The molecule has 2 atom stereocenters. The molecule has 1 fully saturated rings. The number of halogens is 2. The van der Waals surface area contributed by atoms with Crippen molar-refractivity contribution in [3.63, 3.8) is 0 Å². The number of hydrogen-bond donors (Lipinski definition) is 1. The van der Waals surface area contributed by atoms with Crippen molar-refractivity contribution in [2.45, 2.75) is 19.1 Å². The fourth-order valence-electron chi connectivity index (χ4n) is 2.46. The van der Waals surface area contributed by atoms with Crippen LogP contribution in [0.3, 0.4) is 0 Å². The summed E-state index contributed by atoms with van der Waals surface area (Å²) < 4.78 is 6.69. The molecular formula is C13H18BrClN2O. The number of nitrogens with two attached hydrogens (primary N) is 1. The lowest BCUT2D eigenvalue weighted by molar-refractivity contribution is -0.0658. The van der Waals surface area contributed by atoms with Gasteiger partial charge in [-0.1, -0.05) is 24.6 Å². The Morgan fingerprint density at radius 3 is 2.94 bits per heavy atom. The highest BCUT2D eigenvalue weighted by molar-refractivity contribution is 9.10. The minimum absolute atomic E-state index is 0.0379. The van der Waals surface area contributed by atoms with Gasteiger partial charge in [0.05, 0.1) is 23.8 Å². The topological polar surface area (TPSA) is 38.5 Å². The summed E-state index contributed by atoms with van der Waals surface area (Å²) in [7, 11) is 0. The highest BCUT2D eigenvalue weighted by atomic mass is 79.9. The van der Waals surface area contributed by atoms with Gasteiger partial charge in [0.25, 0.3) is 0 Å². The van der Waals surface area contributed by atoms with E-state index in [0.717, 1.165) is 29.2 Å². The Morgan fingerprint density at radius 2 is 2.33 bits per heavy atom. The van der Waals surface area contributed by atoms with E-state index in [0.29, 0.717) is 6.54 Å². The van der Waals surface area contributed by atoms with E-state index >= 15 is 0 Å². The monoisotopic (exact) mass is 332 g/mol. The molecule has 3 nitrogen and oxygen atoms in total. The first-order chi connectivity index (χ1) is 8.67. The lowest BCUT2D eigenvalue weighted by Crippen LogP contribution is -2.48. The average Bonchev–Trinajstić information content (AvgIpc) is 2.41. The van der Waals surface area contributed by atoms with Crippen molar-refractivity contribution in [3.05, 3.63) is 33.3 Å². The summed E-state index contributed by atoms with van der Waals surface area (Å²) >= 11 is 9.59. The molecule has 1 aliphatic heterocycles. The van der Waals surface area contributed by atoms with Gasteiger partial charge in [0.1, 0.15) is 0 Å². The van der Waals surface area contributed by atoms with Gasteiger partial charge in [-0.2, -0.15) is 0 Å². The summed E-state index contributed by atoms with van der Waals surface area (Å²) in [6.07, 6.45) is 0.0379. The van der Waals surface area contributed by atoms with Crippen LogP contribution in [0.2, 0.25) is 5.02 Å². The smallest absolute Gasteiger partial charge is 0.0894 e. The van der Waals surface area contributed by atoms with Crippen LogP contribution in [0.4, 0.5) is 0 Å². The van der Waals surface area contributed by atoms with Crippen LogP contribution in [0.15, 0.2) is 22.7 Å². The van der Waals surface area contributed by atoms with Gasteiger partial charge in [0.15, 0.2) is 0 Å². The Balaban J connectivity index is 2.32. The maximum absolute atomic E-state index is 6.18. The van der Waals surface area contributed by atoms with Crippen molar-refractivity contribution < 1.29 is 4.74 Å². The van der Waals surface area contributed by atoms with Gasteiger partial charge >= 0.3 is 0 Å². The van der Waals surface area contributed by atoms with E-state index in [-0.39, 0.29) is 12.1 Å². The zero-order chi connectivity index (χ0) is 13.1.